The third-order valence-corrected chi connectivity index (χ3v) is 4.03. The predicted molar refractivity (Wildman–Crippen MR) is 84.4 cm³/mol. The summed E-state index contributed by atoms with van der Waals surface area (Å²) in [7, 11) is 0. The van der Waals surface area contributed by atoms with E-state index in [-0.39, 0.29) is 5.41 Å². The van der Waals surface area contributed by atoms with E-state index in [1.165, 1.54) is 11.1 Å². The van der Waals surface area contributed by atoms with Gasteiger partial charge in [0.05, 0.1) is 0 Å². The summed E-state index contributed by atoms with van der Waals surface area (Å²) in [5.74, 6) is 1.01. The molecule has 108 valence electrons. The lowest BCUT2D eigenvalue weighted by Crippen LogP contribution is -2.25. The summed E-state index contributed by atoms with van der Waals surface area (Å²) in [5, 5.41) is 0. The summed E-state index contributed by atoms with van der Waals surface area (Å²) in [5.41, 5.74) is 14.6. The van der Waals surface area contributed by atoms with Crippen LogP contribution in [0.5, 0.6) is 0 Å². The smallest absolute Gasteiger partial charge is 0.00366 e. The van der Waals surface area contributed by atoms with Crippen molar-refractivity contribution in [1.82, 2.24) is 0 Å². The van der Waals surface area contributed by atoms with E-state index in [0.29, 0.717) is 24.9 Å². The molecule has 0 saturated carbocycles. The van der Waals surface area contributed by atoms with Gasteiger partial charge in [-0.1, -0.05) is 52.0 Å². The highest BCUT2D eigenvalue weighted by Crippen LogP contribution is 2.29. The van der Waals surface area contributed by atoms with Crippen molar-refractivity contribution in [2.45, 2.75) is 51.9 Å². The van der Waals surface area contributed by atoms with Crippen molar-refractivity contribution < 1.29 is 0 Å². The Hall–Kier alpha value is -0.860. The molecule has 2 heteroatoms. The van der Waals surface area contributed by atoms with Crippen molar-refractivity contribution in [3.05, 3.63) is 35.4 Å². The summed E-state index contributed by atoms with van der Waals surface area (Å²) in [6.45, 7) is 10.4. The molecule has 0 aliphatic heterocycles. The van der Waals surface area contributed by atoms with Crippen LogP contribution in [0.1, 0.15) is 57.6 Å². The van der Waals surface area contributed by atoms with Gasteiger partial charge in [-0.2, -0.15) is 0 Å². The fraction of sp³-hybridized carbons (Fsp3) is 0.647. The number of rotatable bonds is 6. The molecule has 0 aliphatic rings. The highest BCUT2D eigenvalue weighted by Gasteiger charge is 2.17. The van der Waals surface area contributed by atoms with E-state index in [4.69, 9.17) is 11.5 Å². The Balaban J connectivity index is 2.82. The second kappa shape index (κ2) is 7.06. The number of hydrogen-bond acceptors (Lipinski definition) is 2. The van der Waals surface area contributed by atoms with E-state index < -0.39 is 0 Å². The van der Waals surface area contributed by atoms with Crippen LogP contribution in [-0.4, -0.2) is 13.1 Å². The van der Waals surface area contributed by atoms with Crippen LogP contribution in [0.3, 0.4) is 0 Å². The van der Waals surface area contributed by atoms with Gasteiger partial charge < -0.3 is 11.5 Å². The van der Waals surface area contributed by atoms with Crippen molar-refractivity contribution in [3.63, 3.8) is 0 Å². The van der Waals surface area contributed by atoms with Gasteiger partial charge in [-0.05, 0) is 54.3 Å². The predicted octanol–water partition coefficient (Wildman–Crippen LogP) is 3.40. The van der Waals surface area contributed by atoms with Gasteiger partial charge in [-0.3, -0.25) is 0 Å². The van der Waals surface area contributed by atoms with Crippen molar-refractivity contribution in [2.24, 2.45) is 17.4 Å². The van der Waals surface area contributed by atoms with Gasteiger partial charge in [-0.15, -0.1) is 0 Å². The van der Waals surface area contributed by atoms with E-state index in [9.17, 15) is 0 Å². The first-order chi connectivity index (χ1) is 8.92. The van der Waals surface area contributed by atoms with Crippen LogP contribution < -0.4 is 11.5 Å². The number of hydrogen-bond donors (Lipinski definition) is 2. The Labute approximate surface area is 118 Å². The Morgan fingerprint density at radius 3 is 1.89 bits per heavy atom. The topological polar surface area (TPSA) is 52.0 Å². The summed E-state index contributed by atoms with van der Waals surface area (Å²) in [6, 6.07) is 9.08. The lowest BCUT2D eigenvalue weighted by atomic mass is 9.83. The molecule has 0 heterocycles. The second-order valence-electron chi connectivity index (χ2n) is 6.55. The number of nitrogens with two attached hydrogens (primary N) is 2. The quantitative estimate of drug-likeness (QED) is 0.825. The molecule has 0 amide bonds. The first-order valence-corrected chi connectivity index (χ1v) is 7.42. The van der Waals surface area contributed by atoms with Crippen molar-refractivity contribution in [2.75, 3.05) is 13.1 Å². The summed E-state index contributed by atoms with van der Waals surface area (Å²) >= 11 is 0. The third-order valence-electron chi connectivity index (χ3n) is 4.03. The standard InChI is InChI=1S/C17H30N2/c1-5-14(10-13(11-18)12-19)15-6-8-16(9-7-15)17(2,3)4/h6-9,13-14H,5,10-12,18-19H2,1-4H3. The molecule has 1 rings (SSSR count). The van der Waals surface area contributed by atoms with E-state index in [1.807, 2.05) is 0 Å². The van der Waals surface area contributed by atoms with Crippen LogP contribution >= 0.6 is 0 Å². The maximum atomic E-state index is 5.77. The van der Waals surface area contributed by atoms with Gasteiger partial charge in [0.15, 0.2) is 0 Å². The monoisotopic (exact) mass is 262 g/mol. The van der Waals surface area contributed by atoms with Crippen LogP contribution in [0, 0.1) is 5.92 Å². The van der Waals surface area contributed by atoms with Gasteiger partial charge >= 0.3 is 0 Å². The van der Waals surface area contributed by atoms with E-state index in [2.05, 4.69) is 52.0 Å². The Bertz CT molecular complexity index is 358. The van der Waals surface area contributed by atoms with Gasteiger partial charge in [-0.25, -0.2) is 0 Å². The maximum Gasteiger partial charge on any atom is -0.00366 e. The zero-order valence-electron chi connectivity index (χ0n) is 12.9. The summed E-state index contributed by atoms with van der Waals surface area (Å²) < 4.78 is 0. The van der Waals surface area contributed by atoms with E-state index >= 15 is 0 Å². The molecule has 1 aromatic rings. The average molecular weight is 262 g/mol. The van der Waals surface area contributed by atoms with Crippen LogP contribution in [0.25, 0.3) is 0 Å². The molecule has 0 bridgehead atoms. The highest BCUT2D eigenvalue weighted by molar-refractivity contribution is 5.29. The second-order valence-corrected chi connectivity index (χ2v) is 6.55. The fourth-order valence-corrected chi connectivity index (χ4v) is 2.48. The summed E-state index contributed by atoms with van der Waals surface area (Å²) in [4.78, 5) is 0. The third kappa shape index (κ3) is 4.63. The lowest BCUT2D eigenvalue weighted by molar-refractivity contribution is 0.442. The first kappa shape index (κ1) is 16.2. The van der Waals surface area contributed by atoms with Gasteiger partial charge in [0.2, 0.25) is 0 Å². The van der Waals surface area contributed by atoms with Crippen LogP contribution in [-0.2, 0) is 5.41 Å². The molecule has 1 atom stereocenters. The van der Waals surface area contributed by atoms with Crippen molar-refractivity contribution >= 4 is 0 Å². The largest absolute Gasteiger partial charge is 0.330 e. The molecule has 0 spiro atoms. The Morgan fingerprint density at radius 1 is 1.00 bits per heavy atom. The van der Waals surface area contributed by atoms with Crippen LogP contribution in [0.4, 0.5) is 0 Å². The molecule has 0 aromatic heterocycles. The van der Waals surface area contributed by atoms with Gasteiger partial charge in [0, 0.05) is 0 Å². The Kier molecular flexibility index (Phi) is 6.02. The molecule has 19 heavy (non-hydrogen) atoms. The average Bonchev–Trinajstić information content (AvgIpc) is 2.39. The van der Waals surface area contributed by atoms with Gasteiger partial charge in [0.25, 0.3) is 0 Å². The molecule has 2 nitrogen and oxygen atoms in total. The fourth-order valence-electron chi connectivity index (χ4n) is 2.48. The molecule has 0 saturated heterocycles. The molecule has 4 N–H and O–H groups in total. The van der Waals surface area contributed by atoms with Crippen LogP contribution in [0.15, 0.2) is 24.3 Å². The van der Waals surface area contributed by atoms with Crippen molar-refractivity contribution in [3.8, 4) is 0 Å². The zero-order valence-corrected chi connectivity index (χ0v) is 12.9. The molecular formula is C17H30N2. The minimum absolute atomic E-state index is 0.220. The van der Waals surface area contributed by atoms with Gasteiger partial charge in [0.1, 0.15) is 0 Å². The van der Waals surface area contributed by atoms with E-state index in [1.54, 1.807) is 0 Å². The van der Waals surface area contributed by atoms with Crippen molar-refractivity contribution in [1.29, 1.82) is 0 Å². The normalized spacial score (nSPS) is 13.8. The molecule has 0 aliphatic carbocycles. The Morgan fingerprint density at radius 2 is 1.53 bits per heavy atom. The molecule has 0 radical (unpaired) electrons. The minimum atomic E-state index is 0.220. The van der Waals surface area contributed by atoms with E-state index in [0.717, 1.165) is 12.8 Å². The zero-order chi connectivity index (χ0) is 14.5. The lowest BCUT2D eigenvalue weighted by Gasteiger charge is -2.23. The summed E-state index contributed by atoms with van der Waals surface area (Å²) in [6.07, 6.45) is 2.24. The first-order valence-electron chi connectivity index (χ1n) is 7.42. The SMILES string of the molecule is CCC(CC(CN)CN)c1ccc(C(C)(C)C)cc1. The molecule has 1 unspecified atom stereocenters. The minimum Gasteiger partial charge on any atom is -0.330 e. The number of benzene rings is 1. The molecular weight excluding hydrogens is 232 g/mol. The molecule has 0 fully saturated rings. The maximum absolute atomic E-state index is 5.77. The van der Waals surface area contributed by atoms with Crippen LogP contribution in [0.2, 0.25) is 0 Å². The highest BCUT2D eigenvalue weighted by atomic mass is 14.6. The molecule has 1 aromatic carbocycles.